The molecule has 1 saturated heterocycles. The zero-order valence-corrected chi connectivity index (χ0v) is 16.9. The second kappa shape index (κ2) is 9.62. The zero-order valence-electron chi connectivity index (χ0n) is 16.9. The van der Waals surface area contributed by atoms with Gasteiger partial charge in [0.2, 0.25) is 5.91 Å². The SMILES string of the molecule is COc1ccc(OC)c(NC(=O)COC(=O)[C@@H]2CC(=O)N(C3CCCCC3)C2)c1. The summed E-state index contributed by atoms with van der Waals surface area (Å²) in [5, 5.41) is 2.65. The van der Waals surface area contributed by atoms with E-state index < -0.39 is 24.4 Å². The number of nitrogens with zero attached hydrogens (tertiary/aromatic N) is 1. The molecule has 1 aromatic carbocycles. The van der Waals surface area contributed by atoms with Gasteiger partial charge in [0.25, 0.3) is 5.91 Å². The fourth-order valence-electron chi connectivity index (χ4n) is 3.99. The highest BCUT2D eigenvalue weighted by atomic mass is 16.5. The van der Waals surface area contributed by atoms with Gasteiger partial charge >= 0.3 is 5.97 Å². The molecule has 158 valence electrons. The first-order valence-electron chi connectivity index (χ1n) is 9.99. The summed E-state index contributed by atoms with van der Waals surface area (Å²) in [6, 6.07) is 5.24. The van der Waals surface area contributed by atoms with Gasteiger partial charge < -0.3 is 24.4 Å². The Morgan fingerprint density at radius 3 is 2.59 bits per heavy atom. The lowest BCUT2D eigenvalue weighted by Gasteiger charge is -2.31. The Bertz CT molecular complexity index is 760. The van der Waals surface area contributed by atoms with Crippen molar-refractivity contribution in [3.8, 4) is 11.5 Å². The average Bonchev–Trinajstić information content (AvgIpc) is 3.14. The Morgan fingerprint density at radius 1 is 1.14 bits per heavy atom. The van der Waals surface area contributed by atoms with Crippen molar-refractivity contribution < 1.29 is 28.6 Å². The highest BCUT2D eigenvalue weighted by Crippen LogP contribution is 2.30. The Balaban J connectivity index is 1.50. The zero-order chi connectivity index (χ0) is 20.8. The van der Waals surface area contributed by atoms with Crippen LogP contribution >= 0.6 is 0 Å². The van der Waals surface area contributed by atoms with Crippen molar-refractivity contribution in [3.63, 3.8) is 0 Å². The van der Waals surface area contributed by atoms with E-state index in [9.17, 15) is 14.4 Å². The van der Waals surface area contributed by atoms with Crippen LogP contribution < -0.4 is 14.8 Å². The third-order valence-corrected chi connectivity index (χ3v) is 5.53. The molecule has 3 rings (SSSR count). The normalized spacial score (nSPS) is 19.7. The highest BCUT2D eigenvalue weighted by Gasteiger charge is 2.39. The molecule has 1 N–H and O–H groups in total. The minimum Gasteiger partial charge on any atom is -0.497 e. The van der Waals surface area contributed by atoms with Gasteiger partial charge in [0.05, 0.1) is 25.8 Å². The maximum Gasteiger partial charge on any atom is 0.311 e. The summed E-state index contributed by atoms with van der Waals surface area (Å²) in [4.78, 5) is 38.7. The quantitative estimate of drug-likeness (QED) is 0.701. The third kappa shape index (κ3) is 5.19. The highest BCUT2D eigenvalue weighted by molar-refractivity contribution is 5.95. The van der Waals surface area contributed by atoms with Gasteiger partial charge in [0.15, 0.2) is 6.61 Å². The number of likely N-dealkylation sites (tertiary alicyclic amines) is 1. The number of rotatable bonds is 7. The van der Waals surface area contributed by atoms with Crippen molar-refractivity contribution in [1.29, 1.82) is 0 Å². The number of hydrogen-bond acceptors (Lipinski definition) is 6. The number of esters is 1. The van der Waals surface area contributed by atoms with Crippen LogP contribution in [0.4, 0.5) is 5.69 Å². The van der Waals surface area contributed by atoms with Crippen LogP contribution in [0.5, 0.6) is 11.5 Å². The van der Waals surface area contributed by atoms with E-state index in [4.69, 9.17) is 14.2 Å². The first-order chi connectivity index (χ1) is 14.0. The number of anilines is 1. The molecule has 0 aromatic heterocycles. The Morgan fingerprint density at radius 2 is 1.90 bits per heavy atom. The van der Waals surface area contributed by atoms with E-state index in [0.717, 1.165) is 25.7 Å². The lowest BCUT2D eigenvalue weighted by Crippen LogP contribution is -2.38. The molecular formula is C21H28N2O6. The predicted octanol–water partition coefficient (Wildman–Crippen LogP) is 2.37. The molecule has 8 heteroatoms. The maximum absolute atomic E-state index is 12.4. The van der Waals surface area contributed by atoms with Crippen molar-refractivity contribution in [2.75, 3.05) is 32.7 Å². The molecule has 1 aromatic rings. The molecule has 0 spiro atoms. The van der Waals surface area contributed by atoms with Crippen LogP contribution in [0, 0.1) is 5.92 Å². The van der Waals surface area contributed by atoms with Gasteiger partial charge in [-0.05, 0) is 25.0 Å². The van der Waals surface area contributed by atoms with Gasteiger partial charge in [-0.3, -0.25) is 14.4 Å². The molecule has 29 heavy (non-hydrogen) atoms. The van der Waals surface area contributed by atoms with Gasteiger partial charge in [-0.1, -0.05) is 19.3 Å². The molecule has 8 nitrogen and oxygen atoms in total. The second-order valence-electron chi connectivity index (χ2n) is 7.46. The molecule has 1 aliphatic heterocycles. The number of amides is 2. The molecule has 1 heterocycles. The lowest BCUT2D eigenvalue weighted by molar-refractivity contribution is -0.151. The molecule has 0 bridgehead atoms. The van der Waals surface area contributed by atoms with Gasteiger partial charge in [-0.15, -0.1) is 0 Å². The first kappa shape index (κ1) is 21.0. The maximum atomic E-state index is 12.4. The van der Waals surface area contributed by atoms with Crippen LogP contribution in [0.3, 0.4) is 0 Å². The number of carbonyl (C=O) groups excluding carboxylic acids is 3. The summed E-state index contributed by atoms with van der Waals surface area (Å²) in [5.74, 6) is -0.476. The molecule has 1 aliphatic carbocycles. The number of hydrogen-bond donors (Lipinski definition) is 1. The number of nitrogens with one attached hydrogen (secondary N) is 1. The summed E-state index contributed by atoms with van der Waals surface area (Å²) in [5.41, 5.74) is 0.424. The molecule has 0 unspecified atom stereocenters. The van der Waals surface area contributed by atoms with E-state index in [1.54, 1.807) is 18.2 Å². The molecule has 0 radical (unpaired) electrons. The summed E-state index contributed by atoms with van der Waals surface area (Å²) in [6.07, 6.45) is 5.60. The van der Waals surface area contributed by atoms with Crippen LogP contribution in [-0.4, -0.2) is 56.1 Å². The van der Waals surface area contributed by atoms with Crippen LogP contribution in [-0.2, 0) is 19.1 Å². The standard InChI is InChI=1S/C21H28N2O6/c1-27-16-8-9-18(28-2)17(11-16)22-19(24)13-29-21(26)14-10-20(25)23(12-14)15-6-4-3-5-7-15/h8-9,11,14-15H,3-7,10,12-13H2,1-2H3,(H,22,24)/t14-/m1/s1. The number of benzene rings is 1. The van der Waals surface area contributed by atoms with Crippen LogP contribution in [0.1, 0.15) is 38.5 Å². The monoisotopic (exact) mass is 404 g/mol. The van der Waals surface area contributed by atoms with E-state index in [2.05, 4.69) is 5.32 Å². The van der Waals surface area contributed by atoms with Gasteiger partial charge in [0.1, 0.15) is 11.5 Å². The predicted molar refractivity (Wildman–Crippen MR) is 106 cm³/mol. The smallest absolute Gasteiger partial charge is 0.311 e. The van der Waals surface area contributed by atoms with Crippen molar-refractivity contribution in [1.82, 2.24) is 4.90 Å². The summed E-state index contributed by atoms with van der Waals surface area (Å²) < 4.78 is 15.5. The van der Waals surface area contributed by atoms with Crippen molar-refractivity contribution in [2.24, 2.45) is 5.92 Å². The van der Waals surface area contributed by atoms with E-state index in [-0.39, 0.29) is 18.4 Å². The number of methoxy groups -OCH3 is 2. The van der Waals surface area contributed by atoms with E-state index in [1.807, 2.05) is 4.90 Å². The van der Waals surface area contributed by atoms with Crippen molar-refractivity contribution >= 4 is 23.5 Å². The average molecular weight is 404 g/mol. The van der Waals surface area contributed by atoms with E-state index >= 15 is 0 Å². The fraction of sp³-hybridized carbons (Fsp3) is 0.571. The minimum absolute atomic E-state index is 0.00409. The number of ether oxygens (including phenoxy) is 3. The summed E-state index contributed by atoms with van der Waals surface area (Å²) >= 11 is 0. The van der Waals surface area contributed by atoms with Gasteiger partial charge in [-0.2, -0.15) is 0 Å². The molecule has 1 atom stereocenters. The van der Waals surface area contributed by atoms with E-state index in [1.165, 1.54) is 20.6 Å². The molecule has 1 saturated carbocycles. The first-order valence-corrected chi connectivity index (χ1v) is 9.99. The Hall–Kier alpha value is -2.77. The second-order valence-corrected chi connectivity index (χ2v) is 7.46. The van der Waals surface area contributed by atoms with Gasteiger partial charge in [-0.25, -0.2) is 0 Å². The van der Waals surface area contributed by atoms with E-state index in [0.29, 0.717) is 23.7 Å². The minimum atomic E-state index is -0.511. The van der Waals surface area contributed by atoms with Crippen molar-refractivity contribution in [2.45, 2.75) is 44.6 Å². The van der Waals surface area contributed by atoms with Gasteiger partial charge in [0, 0.05) is 25.1 Å². The molecule has 2 aliphatic rings. The summed E-state index contributed by atoms with van der Waals surface area (Å²) in [6.45, 7) is -0.0407. The Kier molecular flexibility index (Phi) is 6.95. The third-order valence-electron chi connectivity index (χ3n) is 5.53. The van der Waals surface area contributed by atoms with Crippen LogP contribution in [0.25, 0.3) is 0 Å². The topological polar surface area (TPSA) is 94.2 Å². The van der Waals surface area contributed by atoms with Crippen LogP contribution in [0.15, 0.2) is 18.2 Å². The fourth-order valence-corrected chi connectivity index (χ4v) is 3.99. The van der Waals surface area contributed by atoms with Crippen molar-refractivity contribution in [3.05, 3.63) is 18.2 Å². The molecule has 2 fully saturated rings. The Labute approximate surface area is 170 Å². The number of carbonyl (C=O) groups is 3. The molecular weight excluding hydrogens is 376 g/mol. The lowest BCUT2D eigenvalue weighted by atomic mass is 9.94. The molecule has 2 amide bonds. The summed E-state index contributed by atoms with van der Waals surface area (Å²) in [7, 11) is 3.02. The van der Waals surface area contributed by atoms with Crippen LogP contribution in [0.2, 0.25) is 0 Å². The largest absolute Gasteiger partial charge is 0.497 e.